The van der Waals surface area contributed by atoms with Crippen molar-refractivity contribution < 1.29 is 0 Å². The van der Waals surface area contributed by atoms with Gasteiger partial charge in [-0.1, -0.05) is 33.1 Å². The average molecular weight is 209 g/mol. The Balaban J connectivity index is 1.97. The Morgan fingerprint density at radius 1 is 1.27 bits per heavy atom. The SMILES string of the molecule is CCC1CCCC(C2(C)CCC(N)C2)C1. The van der Waals surface area contributed by atoms with E-state index in [0.29, 0.717) is 11.5 Å². The largest absolute Gasteiger partial charge is 0.328 e. The van der Waals surface area contributed by atoms with Gasteiger partial charge in [0.25, 0.3) is 0 Å². The van der Waals surface area contributed by atoms with Crippen LogP contribution in [0.1, 0.15) is 65.2 Å². The Hall–Kier alpha value is -0.0400. The van der Waals surface area contributed by atoms with Crippen molar-refractivity contribution in [2.24, 2.45) is 23.0 Å². The minimum Gasteiger partial charge on any atom is -0.328 e. The van der Waals surface area contributed by atoms with Crippen LogP contribution < -0.4 is 5.73 Å². The van der Waals surface area contributed by atoms with E-state index in [2.05, 4.69) is 13.8 Å². The Morgan fingerprint density at radius 3 is 2.67 bits per heavy atom. The molecule has 0 aromatic heterocycles. The van der Waals surface area contributed by atoms with E-state index < -0.39 is 0 Å². The van der Waals surface area contributed by atoms with Gasteiger partial charge in [0.05, 0.1) is 0 Å². The summed E-state index contributed by atoms with van der Waals surface area (Å²) in [5.41, 5.74) is 6.67. The summed E-state index contributed by atoms with van der Waals surface area (Å²) in [7, 11) is 0. The molecule has 88 valence electrons. The summed E-state index contributed by atoms with van der Waals surface area (Å²) in [5.74, 6) is 1.99. The molecule has 2 fully saturated rings. The zero-order valence-electron chi connectivity index (χ0n) is 10.5. The molecular formula is C14H27N. The van der Waals surface area contributed by atoms with Crippen LogP contribution in [0.15, 0.2) is 0 Å². The van der Waals surface area contributed by atoms with Gasteiger partial charge in [0.15, 0.2) is 0 Å². The van der Waals surface area contributed by atoms with Crippen LogP contribution in [0.25, 0.3) is 0 Å². The van der Waals surface area contributed by atoms with Crippen molar-refractivity contribution in [2.45, 2.75) is 71.3 Å². The Bertz CT molecular complexity index is 213. The van der Waals surface area contributed by atoms with E-state index in [4.69, 9.17) is 5.73 Å². The van der Waals surface area contributed by atoms with E-state index in [1.807, 2.05) is 0 Å². The maximum absolute atomic E-state index is 6.08. The van der Waals surface area contributed by atoms with Gasteiger partial charge in [-0.3, -0.25) is 0 Å². The molecule has 0 amide bonds. The predicted molar refractivity (Wildman–Crippen MR) is 65.7 cm³/mol. The topological polar surface area (TPSA) is 26.0 Å². The molecule has 0 saturated heterocycles. The van der Waals surface area contributed by atoms with E-state index in [9.17, 15) is 0 Å². The fourth-order valence-electron chi connectivity index (χ4n) is 3.98. The van der Waals surface area contributed by atoms with Crippen LogP contribution >= 0.6 is 0 Å². The quantitative estimate of drug-likeness (QED) is 0.737. The van der Waals surface area contributed by atoms with Crippen LogP contribution in [0.5, 0.6) is 0 Å². The zero-order valence-corrected chi connectivity index (χ0v) is 10.5. The minimum absolute atomic E-state index is 0.497. The third-order valence-corrected chi connectivity index (χ3v) is 5.16. The lowest BCUT2D eigenvalue weighted by Crippen LogP contribution is -2.31. The minimum atomic E-state index is 0.497. The second-order valence-electron chi connectivity index (χ2n) is 6.29. The third-order valence-electron chi connectivity index (χ3n) is 5.16. The van der Waals surface area contributed by atoms with Crippen LogP contribution in [0.2, 0.25) is 0 Å². The van der Waals surface area contributed by atoms with Gasteiger partial charge in [-0.05, 0) is 49.4 Å². The highest BCUT2D eigenvalue weighted by Gasteiger charge is 2.41. The smallest absolute Gasteiger partial charge is 0.00443 e. The first-order chi connectivity index (χ1) is 7.14. The van der Waals surface area contributed by atoms with Crippen LogP contribution in [-0.4, -0.2) is 6.04 Å². The van der Waals surface area contributed by atoms with Gasteiger partial charge in [-0.15, -0.1) is 0 Å². The molecule has 2 N–H and O–H groups in total. The first-order valence-electron chi connectivity index (χ1n) is 6.89. The van der Waals surface area contributed by atoms with Gasteiger partial charge >= 0.3 is 0 Å². The van der Waals surface area contributed by atoms with Crippen LogP contribution in [0.3, 0.4) is 0 Å². The molecule has 1 heteroatoms. The first kappa shape index (κ1) is 11.4. The average Bonchev–Trinajstić information content (AvgIpc) is 2.60. The van der Waals surface area contributed by atoms with Crippen molar-refractivity contribution >= 4 is 0 Å². The number of hydrogen-bond acceptors (Lipinski definition) is 1. The number of rotatable bonds is 2. The Labute approximate surface area is 94.8 Å². The molecule has 0 aromatic carbocycles. The summed E-state index contributed by atoms with van der Waals surface area (Å²) in [4.78, 5) is 0. The van der Waals surface area contributed by atoms with E-state index >= 15 is 0 Å². The fourth-order valence-corrected chi connectivity index (χ4v) is 3.98. The van der Waals surface area contributed by atoms with E-state index in [1.54, 1.807) is 0 Å². The number of nitrogens with two attached hydrogens (primary N) is 1. The summed E-state index contributed by atoms with van der Waals surface area (Å²) < 4.78 is 0. The molecule has 0 aromatic rings. The summed E-state index contributed by atoms with van der Waals surface area (Å²) in [6.07, 6.45) is 11.2. The molecule has 0 spiro atoms. The normalized spacial score (nSPS) is 47.0. The zero-order chi connectivity index (χ0) is 10.9. The van der Waals surface area contributed by atoms with Gasteiger partial charge in [0.2, 0.25) is 0 Å². The molecule has 0 aliphatic heterocycles. The van der Waals surface area contributed by atoms with Crippen molar-refractivity contribution in [3.8, 4) is 0 Å². The lowest BCUT2D eigenvalue weighted by Gasteiger charge is -2.40. The summed E-state index contributed by atoms with van der Waals surface area (Å²) >= 11 is 0. The molecule has 1 nitrogen and oxygen atoms in total. The molecule has 0 bridgehead atoms. The molecule has 0 heterocycles. The fraction of sp³-hybridized carbons (Fsp3) is 1.00. The van der Waals surface area contributed by atoms with Gasteiger partial charge in [0.1, 0.15) is 0 Å². The molecule has 15 heavy (non-hydrogen) atoms. The molecule has 0 radical (unpaired) electrons. The summed E-state index contributed by atoms with van der Waals surface area (Å²) in [6.45, 7) is 4.86. The van der Waals surface area contributed by atoms with Crippen molar-refractivity contribution in [3.05, 3.63) is 0 Å². The highest BCUT2D eigenvalue weighted by Crippen LogP contribution is 2.50. The van der Waals surface area contributed by atoms with Gasteiger partial charge in [-0.2, -0.15) is 0 Å². The standard InChI is InChI=1S/C14H27N/c1-3-11-5-4-6-12(9-11)14(2)8-7-13(15)10-14/h11-13H,3-10,15H2,1-2H3. The maximum Gasteiger partial charge on any atom is 0.00443 e. The Morgan fingerprint density at radius 2 is 2.07 bits per heavy atom. The highest BCUT2D eigenvalue weighted by molar-refractivity contribution is 4.94. The summed E-state index contributed by atoms with van der Waals surface area (Å²) in [6, 6.07) is 0.497. The molecule has 2 rings (SSSR count). The molecule has 2 aliphatic carbocycles. The van der Waals surface area contributed by atoms with Gasteiger partial charge in [0, 0.05) is 6.04 Å². The second-order valence-corrected chi connectivity index (χ2v) is 6.29. The van der Waals surface area contributed by atoms with Crippen molar-refractivity contribution in [1.82, 2.24) is 0 Å². The molecular weight excluding hydrogens is 182 g/mol. The molecule has 4 unspecified atom stereocenters. The molecule has 4 atom stereocenters. The lowest BCUT2D eigenvalue weighted by molar-refractivity contribution is 0.110. The van der Waals surface area contributed by atoms with E-state index in [-0.39, 0.29) is 0 Å². The van der Waals surface area contributed by atoms with Crippen LogP contribution in [0, 0.1) is 17.3 Å². The van der Waals surface area contributed by atoms with Crippen LogP contribution in [-0.2, 0) is 0 Å². The third kappa shape index (κ3) is 2.38. The Kier molecular flexibility index (Phi) is 3.39. The van der Waals surface area contributed by atoms with E-state index in [0.717, 1.165) is 11.8 Å². The lowest BCUT2D eigenvalue weighted by atomic mass is 9.66. The molecule has 2 aliphatic rings. The van der Waals surface area contributed by atoms with Crippen molar-refractivity contribution in [3.63, 3.8) is 0 Å². The maximum atomic E-state index is 6.08. The van der Waals surface area contributed by atoms with Crippen molar-refractivity contribution in [1.29, 1.82) is 0 Å². The van der Waals surface area contributed by atoms with Gasteiger partial charge < -0.3 is 5.73 Å². The van der Waals surface area contributed by atoms with Crippen molar-refractivity contribution in [2.75, 3.05) is 0 Å². The second kappa shape index (κ2) is 4.45. The molecule has 2 saturated carbocycles. The van der Waals surface area contributed by atoms with E-state index in [1.165, 1.54) is 51.4 Å². The predicted octanol–water partition coefficient (Wildman–Crippen LogP) is 3.72. The summed E-state index contributed by atoms with van der Waals surface area (Å²) in [5, 5.41) is 0. The number of hydrogen-bond donors (Lipinski definition) is 1. The first-order valence-corrected chi connectivity index (χ1v) is 6.89. The monoisotopic (exact) mass is 209 g/mol. The van der Waals surface area contributed by atoms with Crippen LogP contribution in [0.4, 0.5) is 0 Å². The highest BCUT2D eigenvalue weighted by atomic mass is 14.7. The van der Waals surface area contributed by atoms with Gasteiger partial charge in [-0.25, -0.2) is 0 Å².